The first kappa shape index (κ1) is 20.0. The van der Waals surface area contributed by atoms with Gasteiger partial charge in [-0.3, -0.25) is 0 Å². The van der Waals surface area contributed by atoms with Gasteiger partial charge in [-0.25, -0.2) is 4.99 Å². The second kappa shape index (κ2) is 8.94. The number of guanidine groups is 1. The summed E-state index contributed by atoms with van der Waals surface area (Å²) in [4.78, 5) is 4.51. The van der Waals surface area contributed by atoms with Crippen LogP contribution in [0.3, 0.4) is 0 Å². The van der Waals surface area contributed by atoms with Crippen LogP contribution in [0, 0.1) is 0 Å². The van der Waals surface area contributed by atoms with Crippen molar-refractivity contribution in [2.24, 2.45) is 4.99 Å². The molecule has 2 heterocycles. The summed E-state index contributed by atoms with van der Waals surface area (Å²) in [5.74, 6) is 2.71. The number of ether oxygens (including phenoxy) is 1. The fourth-order valence-electron chi connectivity index (χ4n) is 2.87. The van der Waals surface area contributed by atoms with Crippen LogP contribution in [0.4, 0.5) is 13.2 Å². The van der Waals surface area contributed by atoms with Gasteiger partial charge in [0.2, 0.25) is 0 Å². The van der Waals surface area contributed by atoms with Crippen molar-refractivity contribution >= 4 is 5.96 Å². The zero-order valence-corrected chi connectivity index (χ0v) is 15.6. The lowest BCUT2D eigenvalue weighted by Crippen LogP contribution is -2.37. The first-order chi connectivity index (χ1) is 13.4. The number of hydrogen-bond acceptors (Lipinski definition) is 4. The molecule has 2 N–H and O–H groups in total. The van der Waals surface area contributed by atoms with Gasteiger partial charge in [0.15, 0.2) is 18.4 Å². The predicted molar refractivity (Wildman–Crippen MR) is 98.0 cm³/mol. The second-order valence-electron chi connectivity index (χ2n) is 6.38. The molecule has 0 fully saturated rings. The summed E-state index contributed by atoms with van der Waals surface area (Å²) in [5.41, 5.74) is 0.861. The molecule has 28 heavy (non-hydrogen) atoms. The van der Waals surface area contributed by atoms with Gasteiger partial charge in [0.05, 0.1) is 13.1 Å². The molecule has 1 aromatic heterocycles. The molecule has 1 aliphatic rings. The van der Waals surface area contributed by atoms with Gasteiger partial charge < -0.3 is 19.9 Å². The van der Waals surface area contributed by atoms with Gasteiger partial charge >= 0.3 is 6.18 Å². The topological polar surface area (TPSA) is 76.4 Å². The minimum atomic E-state index is -4.35. The maximum Gasteiger partial charge on any atom is 0.422 e. The van der Waals surface area contributed by atoms with Crippen LogP contribution in [0.15, 0.2) is 29.3 Å². The highest BCUT2D eigenvalue weighted by Gasteiger charge is 2.28. The van der Waals surface area contributed by atoms with Crippen LogP contribution in [0.1, 0.15) is 30.6 Å². The Labute approximate surface area is 161 Å². The van der Waals surface area contributed by atoms with E-state index in [9.17, 15) is 13.2 Å². The van der Waals surface area contributed by atoms with Crippen molar-refractivity contribution in [3.63, 3.8) is 0 Å². The number of aryl methyl sites for hydroxylation is 1. The van der Waals surface area contributed by atoms with Crippen LogP contribution in [0.2, 0.25) is 0 Å². The second-order valence-corrected chi connectivity index (χ2v) is 6.38. The van der Waals surface area contributed by atoms with E-state index in [1.165, 1.54) is 12.1 Å². The van der Waals surface area contributed by atoms with E-state index in [1.54, 1.807) is 12.1 Å². The van der Waals surface area contributed by atoms with E-state index in [2.05, 4.69) is 30.4 Å². The summed E-state index contributed by atoms with van der Waals surface area (Å²) >= 11 is 0. The van der Waals surface area contributed by atoms with Gasteiger partial charge in [-0.15, -0.1) is 10.2 Å². The number of aliphatic imine (C=N–C) groups is 1. The van der Waals surface area contributed by atoms with Crippen LogP contribution in [-0.4, -0.2) is 40.1 Å². The molecule has 0 saturated carbocycles. The lowest BCUT2D eigenvalue weighted by atomic mass is 10.2. The minimum absolute atomic E-state index is 0.177. The van der Waals surface area contributed by atoms with Gasteiger partial charge in [-0.1, -0.05) is 12.1 Å². The first-order valence-electron chi connectivity index (χ1n) is 9.16. The van der Waals surface area contributed by atoms with Crippen LogP contribution >= 0.6 is 0 Å². The average molecular weight is 396 g/mol. The maximum absolute atomic E-state index is 12.2. The summed E-state index contributed by atoms with van der Waals surface area (Å²) in [5, 5.41) is 14.8. The van der Waals surface area contributed by atoms with Crippen molar-refractivity contribution in [3.8, 4) is 5.75 Å². The Balaban J connectivity index is 1.54. The smallest absolute Gasteiger partial charge is 0.422 e. The zero-order valence-electron chi connectivity index (χ0n) is 15.6. The lowest BCUT2D eigenvalue weighted by Gasteiger charge is -2.12. The summed E-state index contributed by atoms with van der Waals surface area (Å²) in [7, 11) is 0. The van der Waals surface area contributed by atoms with E-state index < -0.39 is 12.8 Å². The van der Waals surface area contributed by atoms with Crippen molar-refractivity contribution < 1.29 is 17.9 Å². The molecule has 0 unspecified atom stereocenters. The molecular weight excluding hydrogens is 373 g/mol. The Bertz CT molecular complexity index is 801. The van der Waals surface area contributed by atoms with Gasteiger partial charge in [-0.05, 0) is 31.0 Å². The molecule has 0 radical (unpaired) electrons. The molecule has 10 heteroatoms. The Morgan fingerprint density at radius 2 is 2.00 bits per heavy atom. The van der Waals surface area contributed by atoms with E-state index in [0.717, 1.165) is 36.6 Å². The van der Waals surface area contributed by atoms with Crippen LogP contribution < -0.4 is 15.4 Å². The molecular formula is C18H23F3N6O. The molecule has 3 rings (SSSR count). The normalized spacial score (nSPS) is 14.1. The summed E-state index contributed by atoms with van der Waals surface area (Å²) in [6.45, 7) is 3.21. The predicted octanol–water partition coefficient (Wildman–Crippen LogP) is 2.42. The molecule has 0 spiro atoms. The fourth-order valence-corrected chi connectivity index (χ4v) is 2.87. The van der Waals surface area contributed by atoms with Crippen molar-refractivity contribution in [1.29, 1.82) is 0 Å². The summed E-state index contributed by atoms with van der Waals surface area (Å²) < 4.78 is 43.4. The SMILES string of the molecule is CCNC(=NCc1ccc(OCC(F)(F)F)cc1)NCc1nnc2n1CCC2. The van der Waals surface area contributed by atoms with Gasteiger partial charge in [0.25, 0.3) is 0 Å². The van der Waals surface area contributed by atoms with E-state index in [1.807, 2.05) is 6.92 Å². The summed E-state index contributed by atoms with van der Waals surface area (Å²) in [6, 6.07) is 6.42. The number of benzene rings is 1. The van der Waals surface area contributed by atoms with Gasteiger partial charge in [0, 0.05) is 19.5 Å². The Morgan fingerprint density at radius 3 is 2.71 bits per heavy atom. The van der Waals surface area contributed by atoms with E-state index in [0.29, 0.717) is 25.6 Å². The molecule has 2 aromatic rings. The van der Waals surface area contributed by atoms with E-state index in [-0.39, 0.29) is 5.75 Å². The highest BCUT2D eigenvalue weighted by molar-refractivity contribution is 5.79. The highest BCUT2D eigenvalue weighted by atomic mass is 19.4. The summed E-state index contributed by atoms with van der Waals surface area (Å²) in [6.07, 6.45) is -2.29. The van der Waals surface area contributed by atoms with E-state index >= 15 is 0 Å². The Hall–Kier alpha value is -2.78. The third kappa shape index (κ3) is 5.61. The van der Waals surface area contributed by atoms with Crippen molar-refractivity contribution in [2.75, 3.05) is 13.2 Å². The monoisotopic (exact) mass is 396 g/mol. The van der Waals surface area contributed by atoms with Crippen molar-refractivity contribution in [2.45, 2.75) is 45.6 Å². The molecule has 0 bridgehead atoms. The lowest BCUT2D eigenvalue weighted by molar-refractivity contribution is -0.153. The zero-order chi connectivity index (χ0) is 20.0. The molecule has 0 amide bonds. The van der Waals surface area contributed by atoms with E-state index in [4.69, 9.17) is 4.74 Å². The third-order valence-corrected chi connectivity index (χ3v) is 4.19. The molecule has 1 aliphatic heterocycles. The van der Waals surface area contributed by atoms with Gasteiger partial charge in [-0.2, -0.15) is 13.2 Å². The van der Waals surface area contributed by atoms with Crippen molar-refractivity contribution in [1.82, 2.24) is 25.4 Å². The number of halogens is 3. The van der Waals surface area contributed by atoms with Crippen LogP contribution in [0.5, 0.6) is 5.75 Å². The Kier molecular flexibility index (Phi) is 6.37. The minimum Gasteiger partial charge on any atom is -0.484 e. The number of nitrogens with one attached hydrogen (secondary N) is 2. The quantitative estimate of drug-likeness (QED) is 0.555. The molecule has 152 valence electrons. The maximum atomic E-state index is 12.2. The molecule has 0 atom stereocenters. The number of nitrogens with zero attached hydrogens (tertiary/aromatic N) is 4. The number of hydrogen-bond donors (Lipinski definition) is 2. The molecule has 0 saturated heterocycles. The number of alkyl halides is 3. The average Bonchev–Trinajstić information content (AvgIpc) is 3.27. The standard InChI is InChI=1S/C18H23F3N6O/c1-2-22-17(24-11-16-26-25-15-4-3-9-27(15)16)23-10-13-5-7-14(8-6-13)28-12-18(19,20)21/h5-8H,2-4,9-12H2,1H3,(H2,22,23,24). The number of rotatable bonds is 7. The molecule has 1 aromatic carbocycles. The first-order valence-corrected chi connectivity index (χ1v) is 9.16. The largest absolute Gasteiger partial charge is 0.484 e. The number of fused-ring (bicyclic) bond motifs is 1. The van der Waals surface area contributed by atoms with Crippen LogP contribution in [0.25, 0.3) is 0 Å². The van der Waals surface area contributed by atoms with Crippen molar-refractivity contribution in [3.05, 3.63) is 41.5 Å². The van der Waals surface area contributed by atoms with Crippen LogP contribution in [-0.2, 0) is 26.1 Å². The fraction of sp³-hybridized carbons (Fsp3) is 0.500. The molecule has 0 aliphatic carbocycles. The Morgan fingerprint density at radius 1 is 1.21 bits per heavy atom. The molecule has 7 nitrogen and oxygen atoms in total. The van der Waals surface area contributed by atoms with Gasteiger partial charge in [0.1, 0.15) is 11.6 Å². The number of aromatic nitrogens is 3. The third-order valence-electron chi connectivity index (χ3n) is 4.19. The highest BCUT2D eigenvalue weighted by Crippen LogP contribution is 2.19.